The highest BCUT2D eigenvalue weighted by Crippen LogP contribution is 1.88. The van der Waals surface area contributed by atoms with Crippen molar-refractivity contribution in [2.45, 2.75) is 19.4 Å². The minimum absolute atomic E-state index is 0.326. The fourth-order valence-corrected chi connectivity index (χ4v) is 0.536. The number of hydrogen-bond donors (Lipinski definition) is 3. The Bertz CT molecular complexity index is 198. The van der Waals surface area contributed by atoms with Gasteiger partial charge in [-0.15, -0.1) is 0 Å². The number of carbonyl (C=O) groups is 2. The SMILES string of the molecule is C[C@H](N)C(=O)C(=N)CC(N)=O. The summed E-state index contributed by atoms with van der Waals surface area (Å²) in [6, 6.07) is -0.734. The van der Waals surface area contributed by atoms with Crippen LogP contribution in [0.15, 0.2) is 0 Å². The molecule has 0 aliphatic rings. The predicted octanol–water partition coefficient (Wildman–Crippen LogP) is -1.20. The molecule has 0 bridgehead atoms. The number of amides is 1. The number of hydrogen-bond acceptors (Lipinski definition) is 4. The van der Waals surface area contributed by atoms with Crippen molar-refractivity contribution in [2.75, 3.05) is 0 Å². The Morgan fingerprint density at radius 2 is 2.00 bits per heavy atom. The lowest BCUT2D eigenvalue weighted by Gasteiger charge is -2.02. The summed E-state index contributed by atoms with van der Waals surface area (Å²) in [7, 11) is 0. The molecule has 11 heavy (non-hydrogen) atoms. The number of Topliss-reactive ketones (excluding diaryl/α,β-unsaturated/α-hetero) is 1. The molecule has 0 aliphatic carbocycles. The Hall–Kier alpha value is -1.23. The number of carbonyl (C=O) groups excluding carboxylic acids is 2. The van der Waals surface area contributed by atoms with Crippen LogP contribution in [-0.4, -0.2) is 23.4 Å². The van der Waals surface area contributed by atoms with E-state index in [1.54, 1.807) is 0 Å². The molecule has 0 spiro atoms. The molecular formula is C6H11N3O2. The van der Waals surface area contributed by atoms with Crippen LogP contribution in [0.25, 0.3) is 0 Å². The van der Waals surface area contributed by atoms with Gasteiger partial charge in [0.1, 0.15) is 0 Å². The molecule has 62 valence electrons. The minimum Gasteiger partial charge on any atom is -0.369 e. The number of nitrogens with one attached hydrogen (secondary N) is 1. The van der Waals surface area contributed by atoms with Crippen molar-refractivity contribution in [3.63, 3.8) is 0 Å². The van der Waals surface area contributed by atoms with Crippen LogP contribution in [0, 0.1) is 5.41 Å². The molecule has 1 amide bonds. The van der Waals surface area contributed by atoms with E-state index in [0.29, 0.717) is 0 Å². The van der Waals surface area contributed by atoms with Gasteiger partial charge in [-0.25, -0.2) is 0 Å². The average Bonchev–Trinajstić information content (AvgIpc) is 1.84. The second-order valence-electron chi connectivity index (χ2n) is 2.27. The van der Waals surface area contributed by atoms with Gasteiger partial charge in [0, 0.05) is 0 Å². The second kappa shape index (κ2) is 3.82. The van der Waals surface area contributed by atoms with E-state index in [2.05, 4.69) is 0 Å². The fraction of sp³-hybridized carbons (Fsp3) is 0.500. The van der Waals surface area contributed by atoms with Crippen LogP contribution in [0.5, 0.6) is 0 Å². The molecule has 0 aliphatic heterocycles. The third-order valence-electron chi connectivity index (χ3n) is 1.06. The summed E-state index contributed by atoms with van der Waals surface area (Å²) in [4.78, 5) is 21.0. The molecule has 1 atom stereocenters. The number of rotatable bonds is 4. The second-order valence-corrected chi connectivity index (χ2v) is 2.27. The highest BCUT2D eigenvalue weighted by Gasteiger charge is 2.15. The first kappa shape index (κ1) is 9.77. The molecule has 0 aromatic heterocycles. The maximum Gasteiger partial charge on any atom is 0.223 e. The van der Waals surface area contributed by atoms with Crippen LogP contribution < -0.4 is 11.5 Å². The molecule has 0 saturated carbocycles. The van der Waals surface area contributed by atoms with Gasteiger partial charge in [-0.2, -0.15) is 0 Å². The van der Waals surface area contributed by atoms with Gasteiger partial charge in [0.15, 0.2) is 5.78 Å². The Labute approximate surface area is 64.3 Å². The molecule has 0 rings (SSSR count). The van der Waals surface area contributed by atoms with Gasteiger partial charge in [-0.3, -0.25) is 9.59 Å². The highest BCUT2D eigenvalue weighted by molar-refractivity contribution is 6.42. The molecule has 0 heterocycles. The first-order valence-corrected chi connectivity index (χ1v) is 3.10. The van der Waals surface area contributed by atoms with Crippen LogP contribution in [0.2, 0.25) is 0 Å². The standard InChI is InChI=1S/C6H11N3O2/c1-3(7)6(11)4(8)2-5(9)10/h3,8H,2,7H2,1H3,(H2,9,10)/t3-/m0/s1. The largest absolute Gasteiger partial charge is 0.369 e. The van der Waals surface area contributed by atoms with Gasteiger partial charge in [0.05, 0.1) is 18.2 Å². The summed E-state index contributed by atoms with van der Waals surface area (Å²) in [6.45, 7) is 1.46. The summed E-state index contributed by atoms with van der Waals surface area (Å²) in [5.41, 5.74) is 9.60. The van der Waals surface area contributed by atoms with Gasteiger partial charge in [0.2, 0.25) is 5.91 Å². The Morgan fingerprint density at radius 3 is 2.27 bits per heavy atom. The first-order valence-electron chi connectivity index (χ1n) is 3.10. The van der Waals surface area contributed by atoms with E-state index in [0.717, 1.165) is 0 Å². The maximum atomic E-state index is 10.8. The summed E-state index contributed by atoms with van der Waals surface area (Å²) >= 11 is 0. The molecule has 0 fully saturated rings. The topological polar surface area (TPSA) is 110 Å². The average molecular weight is 157 g/mol. The lowest BCUT2D eigenvalue weighted by Crippen LogP contribution is -2.34. The van der Waals surface area contributed by atoms with Crippen LogP contribution in [0.1, 0.15) is 13.3 Å². The predicted molar refractivity (Wildman–Crippen MR) is 40.2 cm³/mol. The van der Waals surface area contributed by atoms with Crippen molar-refractivity contribution >= 4 is 17.4 Å². The maximum absolute atomic E-state index is 10.8. The van der Waals surface area contributed by atoms with Gasteiger partial charge in [-0.05, 0) is 6.92 Å². The molecule has 0 unspecified atom stereocenters. The van der Waals surface area contributed by atoms with Gasteiger partial charge in [0.25, 0.3) is 0 Å². The Morgan fingerprint density at radius 1 is 1.55 bits per heavy atom. The zero-order valence-electron chi connectivity index (χ0n) is 6.26. The van der Waals surface area contributed by atoms with Crippen molar-refractivity contribution in [1.82, 2.24) is 0 Å². The molecule has 0 radical (unpaired) electrons. The smallest absolute Gasteiger partial charge is 0.223 e. The highest BCUT2D eigenvalue weighted by atomic mass is 16.1. The van der Waals surface area contributed by atoms with Crippen LogP contribution in [-0.2, 0) is 9.59 Å². The zero-order chi connectivity index (χ0) is 9.02. The van der Waals surface area contributed by atoms with E-state index in [9.17, 15) is 9.59 Å². The van der Waals surface area contributed by atoms with Crippen LogP contribution in [0.3, 0.4) is 0 Å². The van der Waals surface area contributed by atoms with E-state index >= 15 is 0 Å². The van der Waals surface area contributed by atoms with Crippen LogP contribution >= 0.6 is 0 Å². The van der Waals surface area contributed by atoms with E-state index in [1.807, 2.05) is 0 Å². The molecule has 0 aromatic rings. The summed E-state index contributed by atoms with van der Waals surface area (Å²) in [5.74, 6) is -1.23. The summed E-state index contributed by atoms with van der Waals surface area (Å²) in [5, 5.41) is 7.03. The van der Waals surface area contributed by atoms with Crippen molar-refractivity contribution in [2.24, 2.45) is 11.5 Å². The first-order chi connectivity index (χ1) is 4.95. The van der Waals surface area contributed by atoms with E-state index in [1.165, 1.54) is 6.92 Å². The lowest BCUT2D eigenvalue weighted by atomic mass is 10.1. The molecule has 0 saturated heterocycles. The van der Waals surface area contributed by atoms with Crippen LogP contribution in [0.4, 0.5) is 0 Å². The number of nitrogens with two attached hydrogens (primary N) is 2. The summed E-state index contributed by atoms with van der Waals surface area (Å²) < 4.78 is 0. The minimum atomic E-state index is -0.734. The Kier molecular flexibility index (Phi) is 3.39. The third-order valence-corrected chi connectivity index (χ3v) is 1.06. The van der Waals surface area contributed by atoms with E-state index < -0.39 is 17.7 Å². The molecule has 0 aromatic carbocycles. The van der Waals surface area contributed by atoms with Crippen molar-refractivity contribution in [1.29, 1.82) is 5.41 Å². The molecule has 5 N–H and O–H groups in total. The lowest BCUT2D eigenvalue weighted by molar-refractivity contribution is -0.118. The molecular weight excluding hydrogens is 146 g/mol. The molecule has 5 nitrogen and oxygen atoms in total. The van der Waals surface area contributed by atoms with Crippen molar-refractivity contribution in [3.8, 4) is 0 Å². The number of ketones is 1. The van der Waals surface area contributed by atoms with Crippen molar-refractivity contribution < 1.29 is 9.59 Å². The quantitative estimate of drug-likeness (QED) is 0.445. The van der Waals surface area contributed by atoms with Crippen molar-refractivity contribution in [3.05, 3.63) is 0 Å². The van der Waals surface area contributed by atoms with E-state index in [-0.39, 0.29) is 12.1 Å². The normalized spacial score (nSPS) is 12.2. The number of primary amides is 1. The van der Waals surface area contributed by atoms with Gasteiger partial charge >= 0.3 is 0 Å². The Balaban J connectivity index is 4.05. The fourth-order valence-electron chi connectivity index (χ4n) is 0.536. The molecule has 5 heteroatoms. The zero-order valence-corrected chi connectivity index (χ0v) is 6.26. The van der Waals surface area contributed by atoms with Gasteiger partial charge in [-0.1, -0.05) is 0 Å². The third kappa shape index (κ3) is 3.47. The monoisotopic (exact) mass is 157 g/mol. The van der Waals surface area contributed by atoms with Gasteiger partial charge < -0.3 is 16.9 Å². The summed E-state index contributed by atoms with van der Waals surface area (Å²) in [6.07, 6.45) is -0.333. The van der Waals surface area contributed by atoms with E-state index in [4.69, 9.17) is 16.9 Å².